The van der Waals surface area contributed by atoms with Gasteiger partial charge in [0.2, 0.25) is 0 Å². The number of benzene rings is 3. The summed E-state index contributed by atoms with van der Waals surface area (Å²) in [5, 5.41) is 12.6. The number of nitrogens with zero attached hydrogens (tertiary/aromatic N) is 6. The summed E-state index contributed by atoms with van der Waals surface area (Å²) in [4.78, 5) is 21.0. The van der Waals surface area contributed by atoms with Crippen LogP contribution in [0.4, 0.5) is 10.2 Å². The van der Waals surface area contributed by atoms with Gasteiger partial charge in [0.1, 0.15) is 28.6 Å². The van der Waals surface area contributed by atoms with Crippen molar-refractivity contribution in [3.05, 3.63) is 78.5 Å². The molecule has 2 bridgehead atoms. The average molecular weight is 575 g/mol. The van der Waals surface area contributed by atoms with Gasteiger partial charge in [-0.2, -0.15) is 9.97 Å². The molecule has 1 aliphatic carbocycles. The van der Waals surface area contributed by atoms with Crippen LogP contribution in [0.2, 0.25) is 0 Å². The van der Waals surface area contributed by atoms with E-state index in [0.29, 0.717) is 41.6 Å². The van der Waals surface area contributed by atoms with E-state index in [1.54, 1.807) is 18.3 Å². The molecule has 2 aliphatic rings. The molecule has 1 saturated heterocycles. The zero-order valence-corrected chi connectivity index (χ0v) is 23.9. The lowest BCUT2D eigenvalue weighted by Gasteiger charge is -2.33. The zero-order valence-electron chi connectivity index (χ0n) is 23.9. The highest BCUT2D eigenvalue weighted by Crippen LogP contribution is 2.41. The second-order valence-corrected chi connectivity index (χ2v) is 11.9. The second-order valence-electron chi connectivity index (χ2n) is 11.9. The Bertz CT molecular complexity index is 2010. The summed E-state index contributed by atoms with van der Waals surface area (Å²) in [7, 11) is 1.99. The number of pyridine rings is 1. The minimum atomic E-state index is -0.558. The highest BCUT2D eigenvalue weighted by Gasteiger charge is 2.34. The normalized spacial score (nSPS) is 18.2. The fourth-order valence-corrected chi connectivity index (χ4v) is 7.04. The number of fused-ring (bicyclic) bond motifs is 5. The topological polar surface area (TPSA) is 89.2 Å². The van der Waals surface area contributed by atoms with Gasteiger partial charge in [-0.25, -0.2) is 9.37 Å². The maximum absolute atomic E-state index is 16.5. The van der Waals surface area contributed by atoms with Gasteiger partial charge in [0, 0.05) is 38.3 Å². The van der Waals surface area contributed by atoms with E-state index in [9.17, 15) is 5.11 Å². The third-order valence-electron chi connectivity index (χ3n) is 9.09. The highest BCUT2D eigenvalue weighted by molar-refractivity contribution is 5.99. The van der Waals surface area contributed by atoms with Crippen LogP contribution in [0.3, 0.4) is 0 Å². The largest absolute Gasteiger partial charge is 0.508 e. The molecule has 8 rings (SSSR count). The number of aryl methyl sites for hydroxylation is 1. The van der Waals surface area contributed by atoms with Crippen molar-refractivity contribution in [2.24, 2.45) is 18.9 Å². The summed E-state index contributed by atoms with van der Waals surface area (Å²) in [6.07, 6.45) is 5.89. The molecule has 1 saturated carbocycles. The number of hydrogen-bond donors (Lipinski definition) is 1. The first-order valence-corrected chi connectivity index (χ1v) is 14.9. The lowest BCUT2D eigenvalue weighted by atomic mass is 9.98. The van der Waals surface area contributed by atoms with Crippen LogP contribution in [0.25, 0.3) is 44.0 Å². The van der Waals surface area contributed by atoms with Crippen molar-refractivity contribution in [2.75, 3.05) is 24.6 Å². The minimum absolute atomic E-state index is 0.0492. The third kappa shape index (κ3) is 4.50. The van der Waals surface area contributed by atoms with Crippen LogP contribution in [0.1, 0.15) is 25.1 Å². The van der Waals surface area contributed by atoms with Crippen molar-refractivity contribution in [2.45, 2.75) is 25.7 Å². The highest BCUT2D eigenvalue weighted by atomic mass is 19.1. The lowest BCUT2D eigenvalue weighted by Crippen LogP contribution is -2.37. The molecule has 1 aliphatic heterocycles. The predicted octanol–water partition coefficient (Wildman–Crippen LogP) is 6.43. The third-order valence-corrected chi connectivity index (χ3v) is 9.09. The van der Waals surface area contributed by atoms with Gasteiger partial charge < -0.3 is 19.3 Å². The van der Waals surface area contributed by atoms with Gasteiger partial charge in [-0.3, -0.25) is 4.98 Å². The quantitative estimate of drug-likeness (QED) is 0.245. The molecule has 2 atom stereocenters. The fraction of sp³-hybridized carbons (Fsp3) is 0.294. The number of ether oxygens (including phenoxy) is 1. The standard InChI is InChI=1S/C34H31FN6O2/c1-40-28-9-5-4-8-27(28)37-29(40)12-13-43-34-38-32-26(33(39-34)41-18-20-10-11-21(14-20)19-41)17-36-31(30(32)35)25-16-23(42)15-22-6-2-3-7-24(22)25/h2-9,15-17,20-21,42H,10-14,18-19H2,1H3. The minimum Gasteiger partial charge on any atom is -0.508 e. The molecule has 43 heavy (non-hydrogen) atoms. The first kappa shape index (κ1) is 25.9. The molecule has 0 spiro atoms. The van der Waals surface area contributed by atoms with Gasteiger partial charge >= 0.3 is 6.01 Å². The smallest absolute Gasteiger partial charge is 0.319 e. The van der Waals surface area contributed by atoms with E-state index in [2.05, 4.69) is 19.4 Å². The number of imidazole rings is 1. The molecular weight excluding hydrogens is 543 g/mol. The van der Waals surface area contributed by atoms with Crippen LogP contribution in [0.5, 0.6) is 11.8 Å². The fourth-order valence-electron chi connectivity index (χ4n) is 7.04. The number of aromatic nitrogens is 5. The summed E-state index contributed by atoms with van der Waals surface area (Å²) >= 11 is 0. The van der Waals surface area contributed by atoms with Crippen LogP contribution in [-0.4, -0.2) is 49.3 Å². The number of anilines is 1. The first-order chi connectivity index (χ1) is 21.0. The summed E-state index contributed by atoms with van der Waals surface area (Å²) in [5.41, 5.74) is 2.80. The Labute approximate surface area is 247 Å². The molecule has 4 heterocycles. The molecule has 9 heteroatoms. The van der Waals surface area contributed by atoms with Crippen LogP contribution in [0.15, 0.2) is 66.9 Å². The summed E-state index contributed by atoms with van der Waals surface area (Å²) in [5.74, 6) is 2.27. The Morgan fingerprint density at radius 2 is 1.74 bits per heavy atom. The number of aromatic hydroxyl groups is 1. The van der Waals surface area contributed by atoms with Crippen LogP contribution in [0, 0.1) is 17.7 Å². The zero-order chi connectivity index (χ0) is 29.1. The van der Waals surface area contributed by atoms with Gasteiger partial charge in [-0.15, -0.1) is 0 Å². The molecule has 0 radical (unpaired) electrons. The number of piperidine rings is 1. The van der Waals surface area contributed by atoms with E-state index in [1.165, 1.54) is 19.3 Å². The molecule has 8 nitrogen and oxygen atoms in total. The maximum atomic E-state index is 16.5. The van der Waals surface area contributed by atoms with Crippen LogP contribution >= 0.6 is 0 Å². The number of halogens is 1. The van der Waals surface area contributed by atoms with E-state index < -0.39 is 5.82 Å². The number of hydrogen-bond acceptors (Lipinski definition) is 7. The molecule has 1 N–H and O–H groups in total. The molecule has 216 valence electrons. The van der Waals surface area contributed by atoms with Crippen molar-refractivity contribution in [3.8, 4) is 23.0 Å². The van der Waals surface area contributed by atoms with Gasteiger partial charge in [0.05, 0.1) is 23.0 Å². The average Bonchev–Trinajstić information content (AvgIpc) is 3.53. The van der Waals surface area contributed by atoms with E-state index in [1.807, 2.05) is 55.6 Å². The van der Waals surface area contributed by atoms with Gasteiger partial charge in [-0.1, -0.05) is 36.4 Å². The van der Waals surface area contributed by atoms with Gasteiger partial charge in [-0.05, 0) is 66.1 Å². The molecule has 0 amide bonds. The summed E-state index contributed by atoms with van der Waals surface area (Å²) in [6.45, 7) is 2.05. The van der Waals surface area contributed by atoms with Crippen molar-refractivity contribution < 1.29 is 14.2 Å². The van der Waals surface area contributed by atoms with E-state index in [4.69, 9.17) is 14.7 Å². The van der Waals surface area contributed by atoms with Gasteiger partial charge in [0.15, 0.2) is 5.82 Å². The maximum Gasteiger partial charge on any atom is 0.319 e. The lowest BCUT2D eigenvalue weighted by molar-refractivity contribution is 0.293. The van der Waals surface area contributed by atoms with E-state index >= 15 is 4.39 Å². The number of phenols is 1. The van der Waals surface area contributed by atoms with Gasteiger partial charge in [0.25, 0.3) is 0 Å². The van der Waals surface area contributed by atoms with E-state index in [0.717, 1.165) is 40.7 Å². The summed E-state index contributed by atoms with van der Waals surface area (Å²) < 4.78 is 24.7. The molecule has 3 aromatic carbocycles. The van der Waals surface area contributed by atoms with Crippen molar-refractivity contribution in [3.63, 3.8) is 0 Å². The molecule has 6 aromatic rings. The Kier molecular flexibility index (Phi) is 6.13. The molecule has 2 unspecified atom stereocenters. The first-order valence-electron chi connectivity index (χ1n) is 14.9. The Morgan fingerprint density at radius 3 is 2.58 bits per heavy atom. The monoisotopic (exact) mass is 574 g/mol. The number of phenolic OH excluding ortho intramolecular Hbond substituents is 1. The van der Waals surface area contributed by atoms with Crippen LogP contribution in [-0.2, 0) is 13.5 Å². The van der Waals surface area contributed by atoms with Crippen molar-refractivity contribution >= 4 is 38.5 Å². The number of para-hydroxylation sites is 2. The Morgan fingerprint density at radius 1 is 0.953 bits per heavy atom. The van der Waals surface area contributed by atoms with Crippen molar-refractivity contribution in [1.82, 2.24) is 24.5 Å². The van der Waals surface area contributed by atoms with Crippen LogP contribution < -0.4 is 9.64 Å². The molecule has 2 fully saturated rings. The SMILES string of the molecule is Cn1c(CCOc2nc(N3CC4CCC(C4)C3)c3cnc(-c4cc(O)cc5ccccc45)c(F)c3n2)nc2ccccc21. The Balaban J connectivity index is 1.20. The number of rotatable bonds is 6. The van der Waals surface area contributed by atoms with Crippen molar-refractivity contribution in [1.29, 1.82) is 0 Å². The Hall–Kier alpha value is -4.79. The van der Waals surface area contributed by atoms with E-state index in [-0.39, 0.29) is 23.0 Å². The predicted molar refractivity (Wildman–Crippen MR) is 165 cm³/mol. The molecular formula is C34H31FN6O2. The second kappa shape index (κ2) is 10.2. The molecule has 3 aromatic heterocycles. The summed E-state index contributed by atoms with van der Waals surface area (Å²) in [6, 6.07) is 18.9.